The van der Waals surface area contributed by atoms with Gasteiger partial charge in [0.15, 0.2) is 0 Å². The van der Waals surface area contributed by atoms with Gasteiger partial charge < -0.3 is 0 Å². The summed E-state index contributed by atoms with van der Waals surface area (Å²) in [4.78, 5) is 2.27. The first-order valence-electron chi connectivity index (χ1n) is 7.93. The third kappa shape index (κ3) is 5.67. The lowest BCUT2D eigenvalue weighted by molar-refractivity contribution is 0.220. The standard InChI is InChI=1S/C17H23BrN2O2S2/c1-3-20(4-2)17(15-9-10-23-12-15)11-19-24(21,22)13-14-5-7-16(18)8-6-14/h5-10,12,17,19H,3-4,11,13H2,1-2H3/t17-/m0/s1. The van der Waals surface area contributed by atoms with Crippen LogP contribution in [0.2, 0.25) is 0 Å². The number of thiophene rings is 1. The fourth-order valence-corrected chi connectivity index (χ4v) is 4.76. The van der Waals surface area contributed by atoms with Crippen LogP contribution < -0.4 is 4.72 Å². The highest BCUT2D eigenvalue weighted by atomic mass is 79.9. The monoisotopic (exact) mass is 430 g/mol. The van der Waals surface area contributed by atoms with Gasteiger partial charge >= 0.3 is 0 Å². The fraction of sp³-hybridized carbons (Fsp3) is 0.412. The van der Waals surface area contributed by atoms with Crippen LogP contribution in [0.15, 0.2) is 45.6 Å². The molecule has 1 heterocycles. The first kappa shape index (κ1) is 19.6. The van der Waals surface area contributed by atoms with Gasteiger partial charge in [-0.2, -0.15) is 11.3 Å². The van der Waals surface area contributed by atoms with Gasteiger partial charge in [-0.15, -0.1) is 0 Å². The average Bonchev–Trinajstić information content (AvgIpc) is 3.07. The van der Waals surface area contributed by atoms with Crippen LogP contribution in [0, 0.1) is 0 Å². The Labute approximate surface area is 157 Å². The normalized spacial score (nSPS) is 13.3. The molecule has 2 rings (SSSR count). The van der Waals surface area contributed by atoms with Gasteiger partial charge in [0.05, 0.1) is 5.75 Å². The molecule has 1 N–H and O–H groups in total. The number of nitrogens with one attached hydrogen (secondary N) is 1. The lowest BCUT2D eigenvalue weighted by atomic mass is 10.1. The molecule has 1 aromatic heterocycles. The average molecular weight is 431 g/mol. The van der Waals surface area contributed by atoms with E-state index in [4.69, 9.17) is 0 Å². The molecule has 0 saturated heterocycles. The SMILES string of the molecule is CCN(CC)[C@@H](CNS(=O)(=O)Cc1ccc(Br)cc1)c1ccsc1. The van der Waals surface area contributed by atoms with Crippen molar-refractivity contribution in [2.24, 2.45) is 0 Å². The van der Waals surface area contributed by atoms with Gasteiger partial charge in [-0.25, -0.2) is 13.1 Å². The molecule has 1 atom stereocenters. The van der Waals surface area contributed by atoms with Gasteiger partial charge in [0.1, 0.15) is 0 Å². The smallest absolute Gasteiger partial charge is 0.215 e. The van der Waals surface area contributed by atoms with E-state index in [1.54, 1.807) is 11.3 Å². The molecular formula is C17H23BrN2O2S2. The van der Waals surface area contributed by atoms with Crippen molar-refractivity contribution in [1.29, 1.82) is 0 Å². The summed E-state index contributed by atoms with van der Waals surface area (Å²) in [5.41, 5.74) is 1.94. The highest BCUT2D eigenvalue weighted by molar-refractivity contribution is 9.10. The number of hydrogen-bond acceptors (Lipinski definition) is 4. The molecule has 2 aromatic rings. The summed E-state index contributed by atoms with van der Waals surface area (Å²) < 4.78 is 28.6. The van der Waals surface area contributed by atoms with E-state index in [2.05, 4.69) is 50.8 Å². The van der Waals surface area contributed by atoms with Crippen molar-refractivity contribution < 1.29 is 8.42 Å². The summed E-state index contributed by atoms with van der Waals surface area (Å²) in [5, 5.41) is 4.12. The van der Waals surface area contributed by atoms with E-state index in [0.717, 1.165) is 28.7 Å². The highest BCUT2D eigenvalue weighted by Gasteiger charge is 2.21. The van der Waals surface area contributed by atoms with Crippen molar-refractivity contribution in [2.45, 2.75) is 25.6 Å². The summed E-state index contributed by atoms with van der Waals surface area (Å²) in [6.07, 6.45) is 0. The van der Waals surface area contributed by atoms with Crippen LogP contribution >= 0.6 is 27.3 Å². The number of halogens is 1. The Morgan fingerprint density at radius 2 is 1.83 bits per heavy atom. The Hall–Kier alpha value is -0.730. The van der Waals surface area contributed by atoms with E-state index in [1.165, 1.54) is 0 Å². The van der Waals surface area contributed by atoms with E-state index in [-0.39, 0.29) is 11.8 Å². The molecule has 7 heteroatoms. The minimum Gasteiger partial charge on any atom is -0.296 e. The summed E-state index contributed by atoms with van der Waals surface area (Å²) in [6, 6.07) is 9.49. The van der Waals surface area contributed by atoms with Crippen molar-refractivity contribution in [2.75, 3.05) is 19.6 Å². The molecule has 0 saturated carbocycles. The minimum absolute atomic E-state index is 0.00507. The minimum atomic E-state index is -3.37. The number of sulfonamides is 1. The second-order valence-electron chi connectivity index (χ2n) is 5.53. The van der Waals surface area contributed by atoms with Crippen LogP contribution in [-0.2, 0) is 15.8 Å². The maximum atomic E-state index is 12.4. The molecule has 0 unspecified atom stereocenters. The van der Waals surface area contributed by atoms with E-state index in [0.29, 0.717) is 6.54 Å². The van der Waals surface area contributed by atoms with Crippen molar-refractivity contribution in [3.8, 4) is 0 Å². The van der Waals surface area contributed by atoms with Crippen molar-refractivity contribution in [3.63, 3.8) is 0 Å². The van der Waals surface area contributed by atoms with Gasteiger partial charge in [-0.3, -0.25) is 4.90 Å². The van der Waals surface area contributed by atoms with Gasteiger partial charge in [0.25, 0.3) is 0 Å². The number of hydrogen-bond donors (Lipinski definition) is 1. The Morgan fingerprint density at radius 3 is 2.38 bits per heavy atom. The van der Waals surface area contributed by atoms with E-state index < -0.39 is 10.0 Å². The Balaban J connectivity index is 2.05. The highest BCUT2D eigenvalue weighted by Crippen LogP contribution is 2.22. The molecule has 0 amide bonds. The van der Waals surface area contributed by atoms with Gasteiger partial charge in [-0.05, 0) is 53.2 Å². The number of benzene rings is 1. The molecule has 0 aliphatic rings. The van der Waals surface area contributed by atoms with Crippen molar-refractivity contribution >= 4 is 37.3 Å². The van der Waals surface area contributed by atoms with Gasteiger partial charge in [-0.1, -0.05) is 41.9 Å². The van der Waals surface area contributed by atoms with E-state index >= 15 is 0 Å². The maximum absolute atomic E-state index is 12.4. The number of nitrogens with zero attached hydrogens (tertiary/aromatic N) is 1. The molecule has 24 heavy (non-hydrogen) atoms. The molecule has 0 spiro atoms. The lowest BCUT2D eigenvalue weighted by Gasteiger charge is -2.29. The van der Waals surface area contributed by atoms with E-state index in [1.807, 2.05) is 29.6 Å². The lowest BCUT2D eigenvalue weighted by Crippen LogP contribution is -2.38. The predicted molar refractivity (Wildman–Crippen MR) is 105 cm³/mol. The van der Waals surface area contributed by atoms with Crippen LogP contribution in [0.25, 0.3) is 0 Å². The quantitative estimate of drug-likeness (QED) is 0.653. The second-order valence-corrected chi connectivity index (χ2v) is 9.03. The molecule has 0 aliphatic heterocycles. The van der Waals surface area contributed by atoms with Crippen LogP contribution in [0.1, 0.15) is 31.0 Å². The summed E-state index contributed by atoms with van der Waals surface area (Å²) in [6.45, 7) is 6.34. The van der Waals surface area contributed by atoms with Gasteiger partial charge in [0, 0.05) is 17.1 Å². The molecule has 0 fully saturated rings. The van der Waals surface area contributed by atoms with Crippen molar-refractivity contribution in [1.82, 2.24) is 9.62 Å². The third-order valence-corrected chi connectivity index (χ3v) is 6.50. The number of likely N-dealkylation sites (N-methyl/N-ethyl adjacent to an activating group) is 1. The van der Waals surface area contributed by atoms with Crippen LogP contribution in [0.4, 0.5) is 0 Å². The van der Waals surface area contributed by atoms with E-state index in [9.17, 15) is 8.42 Å². The van der Waals surface area contributed by atoms with Gasteiger partial charge in [0.2, 0.25) is 10.0 Å². The summed E-state index contributed by atoms with van der Waals surface area (Å²) >= 11 is 4.99. The topological polar surface area (TPSA) is 49.4 Å². The third-order valence-electron chi connectivity index (χ3n) is 3.95. The zero-order chi connectivity index (χ0) is 17.6. The summed E-state index contributed by atoms with van der Waals surface area (Å²) in [5.74, 6) is -0.00507. The molecule has 0 bridgehead atoms. The fourth-order valence-electron chi connectivity index (χ4n) is 2.64. The Morgan fingerprint density at radius 1 is 1.17 bits per heavy atom. The van der Waals surface area contributed by atoms with Crippen LogP contribution in [0.5, 0.6) is 0 Å². The van der Waals surface area contributed by atoms with Crippen molar-refractivity contribution in [3.05, 3.63) is 56.7 Å². The zero-order valence-corrected chi connectivity index (χ0v) is 17.1. The van der Waals surface area contributed by atoms with Crippen LogP contribution in [0.3, 0.4) is 0 Å². The largest absolute Gasteiger partial charge is 0.296 e. The molecule has 4 nitrogen and oxygen atoms in total. The molecule has 132 valence electrons. The molecule has 0 radical (unpaired) electrons. The Bertz CT molecular complexity index is 712. The number of rotatable bonds is 9. The second kappa shape index (κ2) is 9.10. The maximum Gasteiger partial charge on any atom is 0.215 e. The first-order chi connectivity index (χ1) is 11.4. The van der Waals surface area contributed by atoms with Crippen LogP contribution in [-0.4, -0.2) is 33.0 Å². The molecular weight excluding hydrogens is 408 g/mol. The Kier molecular flexibility index (Phi) is 7.43. The zero-order valence-electron chi connectivity index (χ0n) is 13.9. The summed E-state index contributed by atoms with van der Waals surface area (Å²) in [7, 11) is -3.37. The first-order valence-corrected chi connectivity index (χ1v) is 11.3. The molecule has 1 aromatic carbocycles. The molecule has 0 aliphatic carbocycles. The predicted octanol–water partition coefficient (Wildman–Crippen LogP) is 4.01.